The molecule has 0 aliphatic heterocycles. The number of hydrogen-bond donors (Lipinski definition) is 2. The maximum atomic E-state index is 11.5. The summed E-state index contributed by atoms with van der Waals surface area (Å²) in [7, 11) is 0. The van der Waals surface area contributed by atoms with Gasteiger partial charge in [-0.2, -0.15) is 0 Å². The Bertz CT molecular complexity index is 573. The lowest BCUT2D eigenvalue weighted by Gasteiger charge is -2.09. The zero-order chi connectivity index (χ0) is 13.7. The van der Waals surface area contributed by atoms with Gasteiger partial charge in [-0.05, 0) is 36.8 Å². The van der Waals surface area contributed by atoms with Gasteiger partial charge in [0, 0.05) is 5.02 Å². The number of rotatable bonds is 3. The second kappa shape index (κ2) is 6.11. The normalized spacial score (nSPS) is 9.79. The van der Waals surface area contributed by atoms with Crippen LogP contribution >= 0.6 is 11.6 Å². The molecule has 0 spiro atoms. The Morgan fingerprint density at radius 3 is 2.58 bits per heavy atom. The number of carbonyl (C=O) groups excluding carboxylic acids is 1. The van der Waals surface area contributed by atoms with Gasteiger partial charge in [0.1, 0.15) is 5.75 Å². The van der Waals surface area contributed by atoms with Crippen molar-refractivity contribution in [2.45, 2.75) is 6.92 Å². The summed E-state index contributed by atoms with van der Waals surface area (Å²) >= 11 is 5.97. The van der Waals surface area contributed by atoms with Crippen molar-refractivity contribution in [1.29, 1.82) is 0 Å². The first-order valence-corrected chi connectivity index (χ1v) is 6.08. The molecule has 0 aliphatic carbocycles. The fourth-order valence-corrected chi connectivity index (χ4v) is 1.60. The highest BCUT2D eigenvalue weighted by atomic mass is 35.5. The highest BCUT2D eigenvalue weighted by Gasteiger charge is 2.03. The van der Waals surface area contributed by atoms with Gasteiger partial charge in [0.2, 0.25) is 0 Å². The Morgan fingerprint density at radius 2 is 1.89 bits per heavy atom. The number of aryl methyl sites for hydroxylation is 1. The smallest absolute Gasteiger partial charge is 0.409 e. The molecule has 0 fully saturated rings. The molecular weight excluding hydrogens is 264 g/mol. The molecule has 0 unspecified atom stereocenters. The van der Waals surface area contributed by atoms with Crippen molar-refractivity contribution >= 4 is 23.4 Å². The van der Waals surface area contributed by atoms with Gasteiger partial charge in [-0.3, -0.25) is 5.43 Å². The average molecular weight is 277 g/mol. The van der Waals surface area contributed by atoms with E-state index in [-0.39, 0.29) is 0 Å². The molecule has 2 N–H and O–H groups in total. The lowest BCUT2D eigenvalue weighted by Crippen LogP contribution is -2.32. The van der Waals surface area contributed by atoms with Gasteiger partial charge >= 0.3 is 6.09 Å². The number of ether oxygens (including phenoxy) is 1. The molecule has 0 radical (unpaired) electrons. The maximum absolute atomic E-state index is 11.5. The van der Waals surface area contributed by atoms with E-state index in [1.807, 2.05) is 25.1 Å². The molecule has 0 saturated carbocycles. The van der Waals surface area contributed by atoms with Crippen molar-refractivity contribution < 1.29 is 9.53 Å². The summed E-state index contributed by atoms with van der Waals surface area (Å²) in [4.78, 5) is 11.5. The topological polar surface area (TPSA) is 50.4 Å². The number of halogens is 1. The van der Waals surface area contributed by atoms with E-state index in [4.69, 9.17) is 16.3 Å². The van der Waals surface area contributed by atoms with E-state index in [1.165, 1.54) is 0 Å². The van der Waals surface area contributed by atoms with Gasteiger partial charge in [-0.25, -0.2) is 10.2 Å². The first-order chi connectivity index (χ1) is 9.15. The Hall–Kier alpha value is -2.20. The van der Waals surface area contributed by atoms with Crippen molar-refractivity contribution in [3.63, 3.8) is 0 Å². The molecule has 0 aromatic heterocycles. The number of benzene rings is 2. The predicted molar refractivity (Wildman–Crippen MR) is 75.4 cm³/mol. The second-order valence-electron chi connectivity index (χ2n) is 3.92. The summed E-state index contributed by atoms with van der Waals surface area (Å²) < 4.78 is 5.04. The summed E-state index contributed by atoms with van der Waals surface area (Å²) in [5, 5.41) is 0.628. The number of carbonyl (C=O) groups is 1. The minimum absolute atomic E-state index is 0.476. The average Bonchev–Trinajstić information content (AvgIpc) is 2.41. The Balaban J connectivity index is 1.88. The first-order valence-electron chi connectivity index (χ1n) is 5.70. The van der Waals surface area contributed by atoms with Crippen LogP contribution in [-0.2, 0) is 0 Å². The summed E-state index contributed by atoms with van der Waals surface area (Å²) in [5.41, 5.74) is 6.80. The van der Waals surface area contributed by atoms with Gasteiger partial charge in [0.15, 0.2) is 0 Å². The van der Waals surface area contributed by atoms with Crippen molar-refractivity contribution in [3.05, 3.63) is 59.1 Å². The minimum atomic E-state index is -0.595. The third kappa shape index (κ3) is 3.89. The summed E-state index contributed by atoms with van der Waals surface area (Å²) in [6.07, 6.45) is -0.595. The van der Waals surface area contributed by atoms with Gasteiger partial charge in [0.25, 0.3) is 0 Å². The largest absolute Gasteiger partial charge is 0.431 e. The van der Waals surface area contributed by atoms with Crippen LogP contribution in [0.15, 0.2) is 48.5 Å². The Morgan fingerprint density at radius 1 is 1.16 bits per heavy atom. The number of hydrazine groups is 1. The van der Waals surface area contributed by atoms with Crippen LogP contribution in [0.3, 0.4) is 0 Å². The quantitative estimate of drug-likeness (QED) is 0.839. The van der Waals surface area contributed by atoms with Gasteiger partial charge in [-0.15, -0.1) is 0 Å². The van der Waals surface area contributed by atoms with Crippen LogP contribution in [0.25, 0.3) is 0 Å². The molecule has 0 atom stereocenters. The SMILES string of the molecule is Cc1ccc(NNC(=O)Oc2ccccc2)cc1Cl. The van der Waals surface area contributed by atoms with Gasteiger partial charge in [-0.1, -0.05) is 35.9 Å². The zero-order valence-electron chi connectivity index (χ0n) is 10.3. The molecule has 5 heteroatoms. The van der Waals surface area contributed by atoms with Crippen molar-refractivity contribution in [2.24, 2.45) is 0 Å². The highest BCUT2D eigenvalue weighted by Crippen LogP contribution is 2.19. The number of nitrogens with one attached hydrogen (secondary N) is 2. The first kappa shape index (κ1) is 13.2. The van der Waals surface area contributed by atoms with E-state index < -0.39 is 6.09 Å². The highest BCUT2D eigenvalue weighted by molar-refractivity contribution is 6.31. The summed E-state index contributed by atoms with van der Waals surface area (Å²) in [5.74, 6) is 0.476. The van der Waals surface area contributed by atoms with Crippen molar-refractivity contribution in [3.8, 4) is 5.75 Å². The van der Waals surface area contributed by atoms with Gasteiger partial charge in [0.05, 0.1) is 5.69 Å². The molecule has 0 saturated heterocycles. The predicted octanol–water partition coefficient (Wildman–Crippen LogP) is 3.76. The monoisotopic (exact) mass is 276 g/mol. The number of amides is 1. The maximum Gasteiger partial charge on any atom is 0.431 e. The van der Waals surface area contributed by atoms with E-state index in [9.17, 15) is 4.79 Å². The Kier molecular flexibility index (Phi) is 4.26. The lowest BCUT2D eigenvalue weighted by atomic mass is 10.2. The standard InChI is InChI=1S/C14H13ClN2O2/c1-10-7-8-11(9-13(10)15)16-17-14(18)19-12-5-3-2-4-6-12/h2-9,16H,1H3,(H,17,18). The van der Waals surface area contributed by atoms with E-state index in [0.717, 1.165) is 5.56 Å². The lowest BCUT2D eigenvalue weighted by molar-refractivity contribution is 0.203. The second-order valence-corrected chi connectivity index (χ2v) is 4.32. The van der Waals surface area contributed by atoms with E-state index in [2.05, 4.69) is 10.9 Å². The third-order valence-corrected chi connectivity index (χ3v) is 2.84. The molecule has 1 amide bonds. The fourth-order valence-electron chi connectivity index (χ4n) is 1.41. The van der Waals surface area contributed by atoms with E-state index >= 15 is 0 Å². The number of anilines is 1. The van der Waals surface area contributed by atoms with Crippen LogP contribution in [0.5, 0.6) is 5.75 Å². The van der Waals surface area contributed by atoms with Crippen LogP contribution in [0.4, 0.5) is 10.5 Å². The molecule has 0 heterocycles. The molecule has 2 rings (SSSR count). The van der Waals surface area contributed by atoms with Crippen molar-refractivity contribution in [2.75, 3.05) is 5.43 Å². The molecule has 98 valence electrons. The van der Waals surface area contributed by atoms with Crippen LogP contribution < -0.4 is 15.6 Å². The molecule has 2 aromatic rings. The fraction of sp³-hybridized carbons (Fsp3) is 0.0714. The zero-order valence-corrected chi connectivity index (χ0v) is 11.1. The minimum Gasteiger partial charge on any atom is -0.409 e. The van der Waals surface area contributed by atoms with E-state index in [0.29, 0.717) is 16.5 Å². The van der Waals surface area contributed by atoms with Crippen LogP contribution in [-0.4, -0.2) is 6.09 Å². The summed E-state index contributed by atoms with van der Waals surface area (Å²) in [6.45, 7) is 1.91. The molecular formula is C14H13ClN2O2. The van der Waals surface area contributed by atoms with Crippen LogP contribution in [0.1, 0.15) is 5.56 Å². The van der Waals surface area contributed by atoms with Crippen LogP contribution in [0.2, 0.25) is 5.02 Å². The van der Waals surface area contributed by atoms with Gasteiger partial charge < -0.3 is 4.74 Å². The van der Waals surface area contributed by atoms with Crippen molar-refractivity contribution in [1.82, 2.24) is 5.43 Å². The molecule has 4 nitrogen and oxygen atoms in total. The Labute approximate surface area is 116 Å². The third-order valence-electron chi connectivity index (χ3n) is 2.43. The number of hydrogen-bond acceptors (Lipinski definition) is 3. The van der Waals surface area contributed by atoms with E-state index in [1.54, 1.807) is 30.3 Å². The molecule has 2 aromatic carbocycles. The molecule has 0 aliphatic rings. The van der Waals surface area contributed by atoms with Crippen LogP contribution in [0, 0.1) is 6.92 Å². The summed E-state index contributed by atoms with van der Waals surface area (Å²) in [6, 6.07) is 14.2. The molecule has 19 heavy (non-hydrogen) atoms. The number of para-hydroxylation sites is 1. The molecule has 0 bridgehead atoms.